The molecule has 1 aromatic carbocycles. The van der Waals surface area contributed by atoms with Gasteiger partial charge in [0.15, 0.2) is 11.5 Å². The minimum atomic E-state index is -1.64. The van der Waals surface area contributed by atoms with E-state index in [1.54, 1.807) is 0 Å². The molecule has 0 saturated carbocycles. The minimum absolute atomic E-state index is 0.0144. The highest BCUT2D eigenvalue weighted by molar-refractivity contribution is 6.40. The number of fused-ring (bicyclic) bond motifs is 1. The Hall–Kier alpha value is -2.24. The van der Waals surface area contributed by atoms with Gasteiger partial charge in [0.2, 0.25) is 6.79 Å². The fourth-order valence-corrected chi connectivity index (χ4v) is 1.23. The molecule has 0 atom stereocenters. The monoisotopic (exact) mass is 210 g/mol. The van der Waals surface area contributed by atoms with Crippen LogP contribution in [-0.2, 0) is 4.79 Å². The summed E-state index contributed by atoms with van der Waals surface area (Å²) in [7, 11) is 0. The lowest BCUT2D eigenvalue weighted by Crippen LogP contribution is -2.12. The Morgan fingerprint density at radius 3 is 2.40 bits per heavy atom. The van der Waals surface area contributed by atoms with Crippen molar-refractivity contribution in [2.75, 3.05) is 6.79 Å². The number of Topliss-reactive ketones (excluding diaryl/α,β-unsaturated/α-hetero) is 1. The van der Waals surface area contributed by atoms with Crippen LogP contribution in [0.15, 0.2) is 12.1 Å². The van der Waals surface area contributed by atoms with Crippen molar-refractivity contribution in [1.29, 1.82) is 0 Å². The van der Waals surface area contributed by atoms with Crippen molar-refractivity contribution in [1.82, 2.24) is 0 Å². The summed E-state index contributed by atoms with van der Waals surface area (Å²) >= 11 is 0. The molecule has 6 heteroatoms. The average Bonchev–Trinajstić information content (AvgIpc) is 2.62. The zero-order valence-corrected chi connectivity index (χ0v) is 7.39. The van der Waals surface area contributed by atoms with Gasteiger partial charge in [0, 0.05) is 6.07 Å². The largest absolute Gasteiger partial charge is 0.507 e. The number of carboxylic acids is 1. The maximum Gasteiger partial charge on any atom is 0.377 e. The summed E-state index contributed by atoms with van der Waals surface area (Å²) in [5, 5.41) is 17.8. The van der Waals surface area contributed by atoms with Gasteiger partial charge < -0.3 is 19.7 Å². The SMILES string of the molecule is O=C(O)C(=O)c1cc2c(cc1O)OCO2. The van der Waals surface area contributed by atoms with Crippen LogP contribution in [0.4, 0.5) is 0 Å². The normalized spacial score (nSPS) is 12.5. The standard InChI is InChI=1S/C9H6O6/c10-5-2-7-6(14-3-15-7)1-4(5)8(11)9(12)13/h1-2,10H,3H2,(H,12,13). The number of ether oxygens (including phenoxy) is 2. The summed E-state index contributed by atoms with van der Waals surface area (Å²) in [5.41, 5.74) is -0.313. The lowest BCUT2D eigenvalue weighted by atomic mass is 10.1. The van der Waals surface area contributed by atoms with Gasteiger partial charge in [-0.25, -0.2) is 4.79 Å². The molecule has 1 aliphatic rings. The van der Waals surface area contributed by atoms with E-state index in [0.29, 0.717) is 0 Å². The summed E-state index contributed by atoms with van der Waals surface area (Å²) in [6.45, 7) is -0.0144. The fraction of sp³-hybridized carbons (Fsp3) is 0.111. The Balaban J connectivity index is 2.49. The van der Waals surface area contributed by atoms with E-state index in [2.05, 4.69) is 0 Å². The van der Waals surface area contributed by atoms with E-state index in [1.165, 1.54) is 0 Å². The molecular weight excluding hydrogens is 204 g/mol. The first-order valence-corrected chi connectivity index (χ1v) is 4.00. The smallest absolute Gasteiger partial charge is 0.377 e. The highest BCUT2D eigenvalue weighted by atomic mass is 16.7. The first-order chi connectivity index (χ1) is 7.09. The summed E-state index contributed by atoms with van der Waals surface area (Å²) in [6, 6.07) is 2.30. The van der Waals surface area contributed by atoms with Crippen molar-refractivity contribution in [2.45, 2.75) is 0 Å². The van der Waals surface area contributed by atoms with E-state index in [9.17, 15) is 14.7 Å². The van der Waals surface area contributed by atoms with E-state index >= 15 is 0 Å². The maximum absolute atomic E-state index is 11.1. The highest BCUT2D eigenvalue weighted by Crippen LogP contribution is 2.37. The number of carbonyl (C=O) groups is 2. The zero-order chi connectivity index (χ0) is 11.0. The van der Waals surface area contributed by atoms with E-state index in [1.807, 2.05) is 0 Å². The number of aliphatic carboxylic acids is 1. The number of phenols is 1. The van der Waals surface area contributed by atoms with Gasteiger partial charge in [0.1, 0.15) is 5.75 Å². The first kappa shape index (κ1) is 9.32. The molecule has 6 nitrogen and oxygen atoms in total. The Labute approximate surface area is 83.7 Å². The number of rotatable bonds is 2. The van der Waals surface area contributed by atoms with E-state index < -0.39 is 17.5 Å². The second-order valence-electron chi connectivity index (χ2n) is 2.86. The third kappa shape index (κ3) is 1.45. The second-order valence-corrected chi connectivity index (χ2v) is 2.86. The summed E-state index contributed by atoms with van der Waals surface area (Å²) in [6.07, 6.45) is 0. The Morgan fingerprint density at radius 2 is 1.80 bits per heavy atom. The predicted molar refractivity (Wildman–Crippen MR) is 46.2 cm³/mol. The van der Waals surface area contributed by atoms with Crippen LogP contribution in [0.2, 0.25) is 0 Å². The topological polar surface area (TPSA) is 93.1 Å². The van der Waals surface area contributed by atoms with Crippen LogP contribution in [0.25, 0.3) is 0 Å². The van der Waals surface area contributed by atoms with Gasteiger partial charge in [0.05, 0.1) is 5.56 Å². The van der Waals surface area contributed by atoms with Gasteiger partial charge in [-0.05, 0) is 6.07 Å². The van der Waals surface area contributed by atoms with Crippen LogP contribution in [0.3, 0.4) is 0 Å². The first-order valence-electron chi connectivity index (χ1n) is 4.00. The lowest BCUT2D eigenvalue weighted by Gasteiger charge is -2.02. The van der Waals surface area contributed by atoms with Crippen LogP contribution in [0.5, 0.6) is 17.2 Å². The number of hydrogen-bond acceptors (Lipinski definition) is 5. The molecule has 0 spiro atoms. The molecular formula is C9H6O6. The molecule has 1 aliphatic heterocycles. The van der Waals surface area contributed by atoms with Crippen LogP contribution >= 0.6 is 0 Å². The van der Waals surface area contributed by atoms with Gasteiger partial charge in [-0.15, -0.1) is 0 Å². The number of benzene rings is 1. The molecule has 1 heterocycles. The number of carbonyl (C=O) groups excluding carboxylic acids is 1. The van der Waals surface area contributed by atoms with Crippen molar-refractivity contribution >= 4 is 11.8 Å². The van der Waals surface area contributed by atoms with Gasteiger partial charge in [-0.1, -0.05) is 0 Å². The number of aromatic hydroxyl groups is 1. The second kappa shape index (κ2) is 3.16. The number of carboxylic acid groups (broad SMARTS) is 1. The Kier molecular flexibility index (Phi) is 1.96. The maximum atomic E-state index is 11.1. The number of hydrogen-bond donors (Lipinski definition) is 2. The van der Waals surface area contributed by atoms with E-state index in [4.69, 9.17) is 14.6 Å². The molecule has 0 fully saturated rings. The van der Waals surface area contributed by atoms with Gasteiger partial charge >= 0.3 is 5.97 Å². The van der Waals surface area contributed by atoms with Crippen LogP contribution < -0.4 is 9.47 Å². The van der Waals surface area contributed by atoms with Crippen molar-refractivity contribution in [3.63, 3.8) is 0 Å². The summed E-state index contributed by atoms with van der Waals surface area (Å²) in [5.74, 6) is -2.73. The van der Waals surface area contributed by atoms with Crippen molar-refractivity contribution in [3.05, 3.63) is 17.7 Å². The van der Waals surface area contributed by atoms with E-state index in [-0.39, 0.29) is 23.9 Å². The molecule has 0 saturated heterocycles. The highest BCUT2D eigenvalue weighted by Gasteiger charge is 2.24. The molecule has 0 aromatic heterocycles. The van der Waals surface area contributed by atoms with Gasteiger partial charge in [0.25, 0.3) is 5.78 Å². The number of phenolic OH excluding ortho intramolecular Hbond substituents is 1. The molecule has 15 heavy (non-hydrogen) atoms. The summed E-state index contributed by atoms with van der Waals surface area (Å²) < 4.78 is 9.88. The Morgan fingerprint density at radius 1 is 1.20 bits per heavy atom. The molecule has 0 aliphatic carbocycles. The summed E-state index contributed by atoms with van der Waals surface area (Å²) in [4.78, 5) is 21.5. The third-order valence-corrected chi connectivity index (χ3v) is 1.93. The van der Waals surface area contributed by atoms with Crippen LogP contribution in [0.1, 0.15) is 10.4 Å². The third-order valence-electron chi connectivity index (χ3n) is 1.93. The molecule has 78 valence electrons. The zero-order valence-electron chi connectivity index (χ0n) is 7.39. The van der Waals surface area contributed by atoms with Gasteiger partial charge in [-0.2, -0.15) is 0 Å². The predicted octanol–water partition coefficient (Wildman–Crippen LogP) is 0.388. The molecule has 0 radical (unpaired) electrons. The average molecular weight is 210 g/mol. The molecule has 1 aromatic rings. The van der Waals surface area contributed by atoms with Crippen molar-refractivity contribution in [3.8, 4) is 17.2 Å². The van der Waals surface area contributed by atoms with Crippen LogP contribution in [-0.4, -0.2) is 28.8 Å². The molecule has 2 rings (SSSR count). The van der Waals surface area contributed by atoms with Gasteiger partial charge in [-0.3, -0.25) is 4.79 Å². The van der Waals surface area contributed by atoms with E-state index in [0.717, 1.165) is 12.1 Å². The number of ketones is 1. The fourth-order valence-electron chi connectivity index (χ4n) is 1.23. The molecule has 0 bridgehead atoms. The quantitative estimate of drug-likeness (QED) is 0.541. The minimum Gasteiger partial charge on any atom is -0.507 e. The van der Waals surface area contributed by atoms with Crippen LogP contribution in [0, 0.1) is 0 Å². The Bertz CT molecular complexity index is 450. The van der Waals surface area contributed by atoms with Crippen molar-refractivity contribution in [2.24, 2.45) is 0 Å². The molecule has 0 unspecified atom stereocenters. The van der Waals surface area contributed by atoms with Crippen molar-refractivity contribution < 1.29 is 29.3 Å². The lowest BCUT2D eigenvalue weighted by molar-refractivity contribution is -0.131. The molecule has 0 amide bonds. The molecule has 2 N–H and O–H groups in total.